The highest BCUT2D eigenvalue weighted by Crippen LogP contribution is 2.23. The van der Waals surface area contributed by atoms with Crippen molar-refractivity contribution in [3.05, 3.63) is 38.5 Å². The first-order chi connectivity index (χ1) is 8.70. The highest BCUT2D eigenvalue weighted by molar-refractivity contribution is 14.1. The minimum Gasteiger partial charge on any atom is -0.369 e. The molecule has 0 aliphatic carbocycles. The molecule has 0 fully saturated rings. The molecule has 1 aromatic carbocycles. The minimum atomic E-state index is 0.746. The zero-order valence-corrected chi connectivity index (χ0v) is 13.7. The smallest absolute Gasteiger partial charge is 0.161 e. The molecule has 2 aromatic rings. The maximum atomic E-state index is 4.57. The Morgan fingerprint density at radius 1 is 1.39 bits per heavy atom. The molecule has 5 heteroatoms. The summed E-state index contributed by atoms with van der Waals surface area (Å²) in [6.45, 7) is 3.06. The Morgan fingerprint density at radius 2 is 2.22 bits per heavy atom. The van der Waals surface area contributed by atoms with Gasteiger partial charge in [0.2, 0.25) is 0 Å². The lowest BCUT2D eigenvalue weighted by Crippen LogP contribution is -2.05. The topological polar surface area (TPSA) is 37.8 Å². The van der Waals surface area contributed by atoms with E-state index < -0.39 is 0 Å². The van der Waals surface area contributed by atoms with E-state index >= 15 is 0 Å². The molecule has 0 radical (unpaired) electrons. The number of nitrogens with one attached hydrogen (secondary N) is 1. The molecule has 1 heterocycles. The summed E-state index contributed by atoms with van der Waals surface area (Å²) in [5.41, 5.74) is 1.01. The molecule has 2 rings (SSSR count). The Labute approximate surface area is 129 Å². The Morgan fingerprint density at radius 3 is 2.94 bits per heavy atom. The van der Waals surface area contributed by atoms with E-state index in [-0.39, 0.29) is 0 Å². The number of hydrogen-bond acceptors (Lipinski definition) is 3. The van der Waals surface area contributed by atoms with Crippen molar-refractivity contribution in [3.8, 4) is 11.4 Å². The first-order valence-corrected chi connectivity index (χ1v) is 7.60. The number of nitrogens with zero attached hydrogens (tertiary/aromatic N) is 2. The van der Waals surface area contributed by atoms with E-state index in [1.54, 1.807) is 0 Å². The van der Waals surface area contributed by atoms with Crippen LogP contribution in [0.25, 0.3) is 11.4 Å². The summed E-state index contributed by atoms with van der Waals surface area (Å²) in [6, 6.07) is 8.01. The number of benzene rings is 1. The standard InChI is InChI=1S/C13H13BrIN3/c1-2-6-16-13-11(15)8-17-12(18-13)9-4-3-5-10(14)7-9/h3-5,7-8H,2,6H2,1H3,(H,16,17,18). The molecule has 1 N–H and O–H groups in total. The van der Waals surface area contributed by atoms with E-state index in [1.165, 1.54) is 0 Å². The molecule has 0 unspecified atom stereocenters. The van der Waals surface area contributed by atoms with E-state index in [1.807, 2.05) is 30.5 Å². The Hall–Kier alpha value is -0.690. The second kappa shape index (κ2) is 6.47. The van der Waals surface area contributed by atoms with E-state index in [4.69, 9.17) is 0 Å². The third-order valence-corrected chi connectivity index (χ3v) is 3.65. The number of hydrogen-bond donors (Lipinski definition) is 1. The van der Waals surface area contributed by atoms with Crippen LogP contribution in [0.5, 0.6) is 0 Å². The van der Waals surface area contributed by atoms with Crippen molar-refractivity contribution >= 4 is 44.3 Å². The second-order valence-corrected chi connectivity index (χ2v) is 5.91. The van der Waals surface area contributed by atoms with Crippen molar-refractivity contribution in [2.24, 2.45) is 0 Å². The monoisotopic (exact) mass is 417 g/mol. The summed E-state index contributed by atoms with van der Waals surface area (Å²) in [5, 5.41) is 3.32. The molecule has 0 saturated carbocycles. The summed E-state index contributed by atoms with van der Waals surface area (Å²) in [7, 11) is 0. The highest BCUT2D eigenvalue weighted by atomic mass is 127. The van der Waals surface area contributed by atoms with Crippen LogP contribution in [-0.2, 0) is 0 Å². The lowest BCUT2D eigenvalue weighted by molar-refractivity contribution is 0.963. The van der Waals surface area contributed by atoms with Gasteiger partial charge in [-0.1, -0.05) is 35.0 Å². The van der Waals surface area contributed by atoms with Gasteiger partial charge in [-0.2, -0.15) is 0 Å². The Bertz CT molecular complexity index is 546. The average Bonchev–Trinajstić information content (AvgIpc) is 2.38. The van der Waals surface area contributed by atoms with Crippen LogP contribution in [0.4, 0.5) is 5.82 Å². The number of anilines is 1. The summed E-state index contributed by atoms with van der Waals surface area (Å²) < 4.78 is 2.07. The van der Waals surface area contributed by atoms with E-state index in [2.05, 4.69) is 60.7 Å². The fourth-order valence-corrected chi connectivity index (χ4v) is 2.35. The summed E-state index contributed by atoms with van der Waals surface area (Å²) in [4.78, 5) is 8.95. The largest absolute Gasteiger partial charge is 0.369 e. The number of halogens is 2. The molecule has 18 heavy (non-hydrogen) atoms. The zero-order valence-electron chi connectivity index (χ0n) is 9.95. The van der Waals surface area contributed by atoms with E-state index in [9.17, 15) is 0 Å². The molecule has 1 aromatic heterocycles. The van der Waals surface area contributed by atoms with Crippen molar-refractivity contribution in [3.63, 3.8) is 0 Å². The van der Waals surface area contributed by atoms with Crippen molar-refractivity contribution < 1.29 is 0 Å². The van der Waals surface area contributed by atoms with Gasteiger partial charge < -0.3 is 5.32 Å². The van der Waals surface area contributed by atoms with Crippen LogP contribution in [0.15, 0.2) is 34.9 Å². The molecule has 0 aliphatic heterocycles. The van der Waals surface area contributed by atoms with Gasteiger partial charge >= 0.3 is 0 Å². The molecule has 0 atom stereocenters. The van der Waals surface area contributed by atoms with Crippen LogP contribution >= 0.6 is 38.5 Å². The molecule has 0 saturated heterocycles. The summed E-state index contributed by atoms with van der Waals surface area (Å²) in [6.07, 6.45) is 2.92. The van der Waals surface area contributed by atoms with Crippen LogP contribution in [0, 0.1) is 3.57 Å². The normalized spacial score (nSPS) is 10.4. The number of rotatable bonds is 4. The first kappa shape index (κ1) is 13.7. The molecular formula is C13H13BrIN3. The van der Waals surface area contributed by atoms with Gasteiger partial charge in [0, 0.05) is 22.8 Å². The van der Waals surface area contributed by atoms with Gasteiger partial charge in [0.15, 0.2) is 5.82 Å². The maximum absolute atomic E-state index is 4.57. The Balaban J connectivity index is 2.34. The van der Waals surface area contributed by atoms with Crippen LogP contribution in [0.3, 0.4) is 0 Å². The van der Waals surface area contributed by atoms with Crippen molar-refractivity contribution in [1.29, 1.82) is 0 Å². The first-order valence-electron chi connectivity index (χ1n) is 5.73. The Kier molecular flexibility index (Phi) is 4.94. The second-order valence-electron chi connectivity index (χ2n) is 3.83. The van der Waals surface area contributed by atoms with Crippen molar-refractivity contribution in [1.82, 2.24) is 9.97 Å². The van der Waals surface area contributed by atoms with Gasteiger partial charge in [-0.3, -0.25) is 0 Å². The van der Waals surface area contributed by atoms with Crippen LogP contribution in [-0.4, -0.2) is 16.5 Å². The number of aromatic nitrogens is 2. The zero-order chi connectivity index (χ0) is 13.0. The van der Waals surface area contributed by atoms with Gasteiger partial charge in [0.1, 0.15) is 5.82 Å². The molecular weight excluding hydrogens is 405 g/mol. The average molecular weight is 418 g/mol. The van der Waals surface area contributed by atoms with Crippen LogP contribution in [0.2, 0.25) is 0 Å². The molecule has 0 spiro atoms. The molecule has 94 valence electrons. The molecule has 3 nitrogen and oxygen atoms in total. The quantitative estimate of drug-likeness (QED) is 0.752. The highest BCUT2D eigenvalue weighted by Gasteiger charge is 2.06. The van der Waals surface area contributed by atoms with E-state index in [0.29, 0.717) is 0 Å². The van der Waals surface area contributed by atoms with Gasteiger partial charge in [0.05, 0.1) is 3.57 Å². The third-order valence-electron chi connectivity index (χ3n) is 2.37. The lowest BCUT2D eigenvalue weighted by atomic mass is 10.2. The van der Waals surface area contributed by atoms with Gasteiger partial charge in [-0.05, 0) is 41.1 Å². The van der Waals surface area contributed by atoms with Crippen molar-refractivity contribution in [2.45, 2.75) is 13.3 Å². The summed E-state index contributed by atoms with van der Waals surface area (Å²) >= 11 is 5.71. The van der Waals surface area contributed by atoms with Crippen LogP contribution in [0.1, 0.15) is 13.3 Å². The van der Waals surface area contributed by atoms with Crippen LogP contribution < -0.4 is 5.32 Å². The molecule has 0 amide bonds. The van der Waals surface area contributed by atoms with Gasteiger partial charge in [0.25, 0.3) is 0 Å². The van der Waals surface area contributed by atoms with Gasteiger partial charge in [-0.15, -0.1) is 0 Å². The fraction of sp³-hybridized carbons (Fsp3) is 0.231. The predicted molar refractivity (Wildman–Crippen MR) is 86.7 cm³/mol. The molecule has 0 aliphatic rings. The van der Waals surface area contributed by atoms with E-state index in [0.717, 1.165) is 38.2 Å². The minimum absolute atomic E-state index is 0.746. The molecule has 0 bridgehead atoms. The fourth-order valence-electron chi connectivity index (χ4n) is 1.50. The lowest BCUT2D eigenvalue weighted by Gasteiger charge is -2.08. The van der Waals surface area contributed by atoms with Gasteiger partial charge in [-0.25, -0.2) is 9.97 Å². The van der Waals surface area contributed by atoms with Crippen molar-refractivity contribution in [2.75, 3.05) is 11.9 Å². The predicted octanol–water partition coefficient (Wildman–Crippen LogP) is 4.33. The summed E-state index contributed by atoms with van der Waals surface area (Å²) in [5.74, 6) is 1.65. The SMILES string of the molecule is CCCNc1nc(-c2cccc(Br)c2)ncc1I. The third kappa shape index (κ3) is 3.41. The maximum Gasteiger partial charge on any atom is 0.161 e.